The van der Waals surface area contributed by atoms with Crippen molar-refractivity contribution in [2.24, 2.45) is 0 Å². The summed E-state index contributed by atoms with van der Waals surface area (Å²) in [6.07, 6.45) is 0.889. The molecular formula is C16H18N4O2. The molecule has 6 heteroatoms. The number of aliphatic hydroxyl groups is 2. The quantitative estimate of drug-likeness (QED) is 0.740. The summed E-state index contributed by atoms with van der Waals surface area (Å²) in [4.78, 5) is 6.47. The summed E-state index contributed by atoms with van der Waals surface area (Å²) in [5, 5.41) is 23.0. The van der Waals surface area contributed by atoms with Gasteiger partial charge in [-0.15, -0.1) is 0 Å². The van der Waals surface area contributed by atoms with Crippen molar-refractivity contribution in [3.8, 4) is 11.3 Å². The van der Waals surface area contributed by atoms with Crippen LogP contribution in [0.5, 0.6) is 0 Å². The van der Waals surface area contributed by atoms with Gasteiger partial charge in [-0.05, 0) is 0 Å². The first kappa shape index (κ1) is 14.5. The van der Waals surface area contributed by atoms with Gasteiger partial charge in [-0.3, -0.25) is 0 Å². The van der Waals surface area contributed by atoms with Crippen molar-refractivity contribution in [3.05, 3.63) is 48.7 Å². The van der Waals surface area contributed by atoms with E-state index < -0.39 is 6.10 Å². The molecule has 0 spiro atoms. The number of nitrogens with zero attached hydrogens (tertiary/aromatic N) is 4. The highest BCUT2D eigenvalue weighted by molar-refractivity contribution is 5.66. The Bertz CT molecular complexity index is 757. The molecule has 2 aromatic heterocycles. The summed E-state index contributed by atoms with van der Waals surface area (Å²) in [5.41, 5.74) is 2.60. The zero-order valence-electron chi connectivity index (χ0n) is 12.3. The number of aromatic nitrogens is 3. The predicted octanol–water partition coefficient (Wildman–Crippen LogP) is 1.19. The number of rotatable bonds is 5. The molecule has 3 aromatic rings. The molecule has 0 aliphatic rings. The minimum Gasteiger partial charge on any atom is -0.394 e. The van der Waals surface area contributed by atoms with Crippen molar-refractivity contribution >= 4 is 11.5 Å². The van der Waals surface area contributed by atoms with Crippen LogP contribution in [0.15, 0.2) is 48.7 Å². The van der Waals surface area contributed by atoms with E-state index >= 15 is 0 Å². The second kappa shape index (κ2) is 6.13. The van der Waals surface area contributed by atoms with E-state index in [1.807, 2.05) is 54.4 Å². The van der Waals surface area contributed by atoms with Gasteiger partial charge in [-0.25, -0.2) is 4.98 Å². The average Bonchev–Trinajstić information content (AvgIpc) is 3.03. The molecule has 0 aliphatic carbocycles. The Morgan fingerprint density at radius 2 is 2.00 bits per heavy atom. The molecule has 2 N–H and O–H groups in total. The second-order valence-corrected chi connectivity index (χ2v) is 5.18. The fourth-order valence-corrected chi connectivity index (χ4v) is 2.39. The van der Waals surface area contributed by atoms with Gasteiger partial charge >= 0.3 is 0 Å². The number of benzene rings is 1. The highest BCUT2D eigenvalue weighted by Gasteiger charge is 2.14. The number of hydrogen-bond donors (Lipinski definition) is 2. The minimum atomic E-state index is -0.802. The van der Waals surface area contributed by atoms with Gasteiger partial charge in [-0.1, -0.05) is 30.3 Å². The van der Waals surface area contributed by atoms with E-state index in [-0.39, 0.29) is 6.61 Å². The Labute approximate surface area is 128 Å². The van der Waals surface area contributed by atoms with E-state index in [1.54, 1.807) is 10.7 Å². The molecule has 6 nitrogen and oxygen atoms in total. The SMILES string of the molecule is CN(CC(O)CO)c1cc(-c2ccccc2)nc2ccnn12. The van der Waals surface area contributed by atoms with E-state index in [0.717, 1.165) is 22.7 Å². The normalized spacial score (nSPS) is 12.5. The van der Waals surface area contributed by atoms with Crippen LogP contribution in [0, 0.1) is 0 Å². The van der Waals surface area contributed by atoms with E-state index in [4.69, 9.17) is 5.11 Å². The zero-order valence-corrected chi connectivity index (χ0v) is 12.3. The molecule has 1 atom stereocenters. The van der Waals surface area contributed by atoms with Crippen molar-refractivity contribution in [3.63, 3.8) is 0 Å². The van der Waals surface area contributed by atoms with Crippen LogP contribution in [0.1, 0.15) is 0 Å². The van der Waals surface area contributed by atoms with E-state index in [9.17, 15) is 5.11 Å². The molecule has 0 bridgehead atoms. The maximum atomic E-state index is 9.66. The molecule has 114 valence electrons. The van der Waals surface area contributed by atoms with Gasteiger partial charge in [0.1, 0.15) is 5.82 Å². The van der Waals surface area contributed by atoms with Gasteiger partial charge in [0.15, 0.2) is 5.65 Å². The van der Waals surface area contributed by atoms with Crippen LogP contribution in [0.3, 0.4) is 0 Å². The Balaban J connectivity index is 2.06. The van der Waals surface area contributed by atoms with Crippen LogP contribution in [0.25, 0.3) is 16.9 Å². The van der Waals surface area contributed by atoms with Crippen molar-refractivity contribution in [1.29, 1.82) is 0 Å². The molecule has 3 rings (SSSR count). The predicted molar refractivity (Wildman–Crippen MR) is 84.8 cm³/mol. The van der Waals surface area contributed by atoms with Gasteiger partial charge in [-0.2, -0.15) is 9.61 Å². The Kier molecular flexibility index (Phi) is 4.04. The van der Waals surface area contributed by atoms with Crippen LogP contribution in [-0.4, -0.2) is 51.1 Å². The van der Waals surface area contributed by atoms with Crippen molar-refractivity contribution in [2.45, 2.75) is 6.10 Å². The van der Waals surface area contributed by atoms with Crippen molar-refractivity contribution in [1.82, 2.24) is 14.6 Å². The number of likely N-dealkylation sites (N-methyl/N-ethyl adjacent to an activating group) is 1. The van der Waals surface area contributed by atoms with Gasteiger partial charge in [0.05, 0.1) is 24.6 Å². The maximum absolute atomic E-state index is 9.66. The third kappa shape index (κ3) is 2.79. The fraction of sp³-hybridized carbons (Fsp3) is 0.250. The topological polar surface area (TPSA) is 73.9 Å². The van der Waals surface area contributed by atoms with E-state index in [0.29, 0.717) is 6.54 Å². The van der Waals surface area contributed by atoms with Crippen LogP contribution in [-0.2, 0) is 0 Å². The van der Waals surface area contributed by atoms with E-state index in [2.05, 4.69) is 10.1 Å². The molecule has 0 saturated heterocycles. The lowest BCUT2D eigenvalue weighted by Crippen LogP contribution is -2.32. The van der Waals surface area contributed by atoms with Gasteiger partial charge in [0.2, 0.25) is 0 Å². The summed E-state index contributed by atoms with van der Waals surface area (Å²) < 4.78 is 1.72. The van der Waals surface area contributed by atoms with Crippen molar-refractivity contribution < 1.29 is 10.2 Å². The van der Waals surface area contributed by atoms with Gasteiger partial charge in [0, 0.05) is 31.3 Å². The minimum absolute atomic E-state index is 0.275. The number of hydrogen-bond acceptors (Lipinski definition) is 5. The van der Waals surface area contributed by atoms with Crippen LogP contribution in [0.2, 0.25) is 0 Å². The third-order valence-electron chi connectivity index (χ3n) is 3.50. The lowest BCUT2D eigenvalue weighted by atomic mass is 10.1. The standard InChI is InChI=1S/C16H18N4O2/c1-19(10-13(22)11-21)16-9-14(12-5-3-2-4-6-12)18-15-7-8-17-20(15)16/h2-9,13,21-22H,10-11H2,1H3. The molecule has 1 aromatic carbocycles. The summed E-state index contributed by atoms with van der Waals surface area (Å²) in [6, 6.07) is 13.7. The highest BCUT2D eigenvalue weighted by Crippen LogP contribution is 2.23. The van der Waals surface area contributed by atoms with Gasteiger partial charge < -0.3 is 15.1 Å². The zero-order chi connectivity index (χ0) is 15.5. The van der Waals surface area contributed by atoms with E-state index in [1.165, 1.54) is 0 Å². The molecule has 2 heterocycles. The Morgan fingerprint density at radius 1 is 1.23 bits per heavy atom. The molecule has 22 heavy (non-hydrogen) atoms. The average molecular weight is 298 g/mol. The first-order valence-corrected chi connectivity index (χ1v) is 7.09. The summed E-state index contributed by atoms with van der Waals surface area (Å²) in [6.45, 7) is 0.0346. The lowest BCUT2D eigenvalue weighted by Gasteiger charge is -2.22. The van der Waals surface area contributed by atoms with Crippen LogP contribution >= 0.6 is 0 Å². The van der Waals surface area contributed by atoms with Crippen molar-refractivity contribution in [2.75, 3.05) is 25.1 Å². The van der Waals surface area contributed by atoms with Crippen LogP contribution in [0.4, 0.5) is 5.82 Å². The molecule has 0 radical (unpaired) electrons. The summed E-state index contributed by atoms with van der Waals surface area (Å²) in [7, 11) is 1.85. The monoisotopic (exact) mass is 298 g/mol. The maximum Gasteiger partial charge on any atom is 0.157 e. The van der Waals surface area contributed by atoms with Crippen LogP contribution < -0.4 is 4.90 Å². The third-order valence-corrected chi connectivity index (χ3v) is 3.50. The Hall–Kier alpha value is -2.44. The Morgan fingerprint density at radius 3 is 2.73 bits per heavy atom. The number of aliphatic hydroxyl groups excluding tert-OH is 2. The largest absolute Gasteiger partial charge is 0.394 e. The highest BCUT2D eigenvalue weighted by atomic mass is 16.3. The summed E-state index contributed by atoms with van der Waals surface area (Å²) >= 11 is 0. The number of fused-ring (bicyclic) bond motifs is 1. The first-order chi connectivity index (χ1) is 10.7. The molecule has 0 fully saturated rings. The molecule has 0 aliphatic heterocycles. The lowest BCUT2D eigenvalue weighted by molar-refractivity contribution is 0.101. The second-order valence-electron chi connectivity index (χ2n) is 5.18. The molecule has 1 unspecified atom stereocenters. The van der Waals surface area contributed by atoms with Gasteiger partial charge in [0.25, 0.3) is 0 Å². The molecule has 0 amide bonds. The number of anilines is 1. The molecule has 0 saturated carbocycles. The molecular weight excluding hydrogens is 280 g/mol. The first-order valence-electron chi connectivity index (χ1n) is 7.09. The fourth-order valence-electron chi connectivity index (χ4n) is 2.39. The smallest absolute Gasteiger partial charge is 0.157 e. The summed E-state index contributed by atoms with van der Waals surface area (Å²) in [5.74, 6) is 0.807.